The van der Waals surface area contributed by atoms with Crippen LogP contribution in [0.25, 0.3) is 0 Å². The van der Waals surface area contributed by atoms with Crippen LogP contribution in [0, 0.1) is 13.8 Å². The summed E-state index contributed by atoms with van der Waals surface area (Å²) in [6.07, 6.45) is 0. The Morgan fingerprint density at radius 3 is 2.61 bits per heavy atom. The summed E-state index contributed by atoms with van der Waals surface area (Å²) in [7, 11) is 0. The number of carbonyl (C=O) groups is 2. The summed E-state index contributed by atoms with van der Waals surface area (Å²) < 4.78 is 5.40. The van der Waals surface area contributed by atoms with Crippen molar-refractivity contribution in [3.05, 3.63) is 23.2 Å². The molecule has 0 aliphatic rings. The van der Waals surface area contributed by atoms with E-state index in [-0.39, 0.29) is 23.5 Å². The van der Waals surface area contributed by atoms with Crippen molar-refractivity contribution in [3.8, 4) is 0 Å². The number of carboxylic acid groups (broad SMARTS) is 1. The predicted molar refractivity (Wildman–Crippen MR) is 69.7 cm³/mol. The van der Waals surface area contributed by atoms with E-state index >= 15 is 0 Å². The average Bonchev–Trinajstić information content (AvgIpc) is 2.57. The molecule has 0 aromatic carbocycles. The highest BCUT2D eigenvalue weighted by Crippen LogP contribution is 2.21. The summed E-state index contributed by atoms with van der Waals surface area (Å²) in [5, 5.41) is 11.3. The fourth-order valence-electron chi connectivity index (χ4n) is 1.67. The molecule has 0 spiro atoms. The fraction of sp³-hybridized carbons (Fsp3) is 0.500. The Morgan fingerprint density at radius 1 is 1.44 bits per heavy atom. The molecule has 5 nitrogen and oxygen atoms in total. The maximum atomic E-state index is 11.6. The number of hydrogen-bond donors (Lipinski definition) is 2. The monoisotopic (exact) mass is 271 g/mol. The van der Waals surface area contributed by atoms with Gasteiger partial charge in [-0.25, -0.2) is 0 Å². The van der Waals surface area contributed by atoms with E-state index in [0.29, 0.717) is 0 Å². The molecule has 0 fully saturated rings. The van der Waals surface area contributed by atoms with Crippen LogP contribution in [0.4, 0.5) is 0 Å². The van der Waals surface area contributed by atoms with Crippen LogP contribution in [0.5, 0.6) is 0 Å². The lowest BCUT2D eigenvalue weighted by atomic mass is 10.1. The minimum absolute atomic E-state index is 0.0638. The first kappa shape index (κ1) is 14.6. The first-order valence-electron chi connectivity index (χ1n) is 5.56. The van der Waals surface area contributed by atoms with Crippen LogP contribution in [-0.4, -0.2) is 28.5 Å². The largest absolute Gasteiger partial charge is 0.481 e. The summed E-state index contributed by atoms with van der Waals surface area (Å²) in [5.74, 6) is 0.592. The van der Waals surface area contributed by atoms with Gasteiger partial charge in [0.15, 0.2) is 0 Å². The summed E-state index contributed by atoms with van der Waals surface area (Å²) in [6.45, 7) is 5.58. The normalized spacial score (nSPS) is 12.2. The molecule has 0 saturated carbocycles. The molecule has 2 N–H and O–H groups in total. The molecule has 100 valence electrons. The zero-order chi connectivity index (χ0) is 13.7. The molecule has 1 rings (SSSR count). The Bertz CT molecular complexity index is 441. The molecule has 1 unspecified atom stereocenters. The number of amides is 1. The zero-order valence-electron chi connectivity index (χ0n) is 10.6. The van der Waals surface area contributed by atoms with Crippen LogP contribution < -0.4 is 5.32 Å². The lowest BCUT2D eigenvalue weighted by Crippen LogP contribution is -2.28. The second-order valence-corrected chi connectivity index (χ2v) is 5.03. The third kappa shape index (κ3) is 4.44. The molecule has 1 aromatic heterocycles. The van der Waals surface area contributed by atoms with Crippen molar-refractivity contribution in [2.45, 2.75) is 26.8 Å². The highest BCUT2D eigenvalue weighted by atomic mass is 32.2. The van der Waals surface area contributed by atoms with E-state index in [1.807, 2.05) is 26.8 Å². The number of rotatable bonds is 6. The van der Waals surface area contributed by atoms with Crippen molar-refractivity contribution in [1.29, 1.82) is 0 Å². The van der Waals surface area contributed by atoms with Gasteiger partial charge in [-0.3, -0.25) is 9.59 Å². The van der Waals surface area contributed by atoms with Gasteiger partial charge in [-0.15, -0.1) is 11.8 Å². The molecule has 6 heteroatoms. The molecule has 1 heterocycles. The Balaban J connectivity index is 2.44. The van der Waals surface area contributed by atoms with Gasteiger partial charge >= 0.3 is 5.97 Å². The Labute approximate surface area is 110 Å². The van der Waals surface area contributed by atoms with Gasteiger partial charge in [0, 0.05) is 5.56 Å². The minimum atomic E-state index is -0.915. The quantitative estimate of drug-likeness (QED) is 0.826. The lowest BCUT2D eigenvalue weighted by Gasteiger charge is -2.12. The van der Waals surface area contributed by atoms with Gasteiger partial charge in [0.25, 0.3) is 0 Å². The van der Waals surface area contributed by atoms with E-state index in [2.05, 4.69) is 5.32 Å². The first-order chi connectivity index (χ1) is 8.40. The highest BCUT2D eigenvalue weighted by Gasteiger charge is 2.15. The molecule has 1 amide bonds. The van der Waals surface area contributed by atoms with Gasteiger partial charge in [0.05, 0.1) is 17.5 Å². The zero-order valence-corrected chi connectivity index (χ0v) is 11.5. The van der Waals surface area contributed by atoms with Crippen LogP contribution in [0.1, 0.15) is 30.0 Å². The number of aryl methyl sites for hydroxylation is 2. The molecule has 0 aliphatic carbocycles. The smallest absolute Gasteiger partial charge is 0.313 e. The molecule has 0 saturated heterocycles. The first-order valence-corrected chi connectivity index (χ1v) is 6.71. The molecule has 1 atom stereocenters. The number of carbonyl (C=O) groups excluding carboxylic acids is 1. The Kier molecular flexibility index (Phi) is 5.27. The van der Waals surface area contributed by atoms with Gasteiger partial charge in [0.1, 0.15) is 11.5 Å². The van der Waals surface area contributed by atoms with Crippen molar-refractivity contribution in [3.63, 3.8) is 0 Å². The third-order valence-electron chi connectivity index (χ3n) is 2.38. The molecule has 18 heavy (non-hydrogen) atoms. The molecule has 0 bridgehead atoms. The van der Waals surface area contributed by atoms with Crippen molar-refractivity contribution >= 4 is 23.6 Å². The van der Waals surface area contributed by atoms with Gasteiger partial charge in [0.2, 0.25) is 5.91 Å². The van der Waals surface area contributed by atoms with Crippen LogP contribution >= 0.6 is 11.8 Å². The van der Waals surface area contributed by atoms with E-state index in [1.54, 1.807) is 0 Å². The van der Waals surface area contributed by atoms with Gasteiger partial charge in [-0.2, -0.15) is 0 Å². The topological polar surface area (TPSA) is 79.5 Å². The standard InChI is InChI=1S/C12H17NO4S/c1-7-4-10(9(3)17-7)8(2)13-11(14)5-18-6-12(15)16/h4,8H,5-6H2,1-3H3,(H,13,14)(H,15,16). The van der Waals surface area contributed by atoms with Crippen molar-refractivity contribution in [1.82, 2.24) is 5.32 Å². The summed E-state index contributed by atoms with van der Waals surface area (Å²) >= 11 is 1.08. The summed E-state index contributed by atoms with van der Waals surface area (Å²) in [4.78, 5) is 21.9. The maximum absolute atomic E-state index is 11.6. The number of furan rings is 1. The molecule has 1 aromatic rings. The van der Waals surface area contributed by atoms with E-state index in [9.17, 15) is 9.59 Å². The van der Waals surface area contributed by atoms with E-state index in [4.69, 9.17) is 9.52 Å². The molecular weight excluding hydrogens is 254 g/mol. The Hall–Kier alpha value is -1.43. The number of aliphatic carboxylic acids is 1. The highest BCUT2D eigenvalue weighted by molar-refractivity contribution is 8.00. The van der Waals surface area contributed by atoms with E-state index in [0.717, 1.165) is 28.8 Å². The third-order valence-corrected chi connectivity index (χ3v) is 3.30. The van der Waals surface area contributed by atoms with E-state index in [1.165, 1.54) is 0 Å². The van der Waals surface area contributed by atoms with Crippen molar-refractivity contribution < 1.29 is 19.1 Å². The van der Waals surface area contributed by atoms with Gasteiger partial charge in [-0.05, 0) is 26.8 Å². The number of nitrogens with one attached hydrogen (secondary N) is 1. The molecular formula is C12H17NO4S. The summed E-state index contributed by atoms with van der Waals surface area (Å²) in [5.41, 5.74) is 0.948. The van der Waals surface area contributed by atoms with Crippen LogP contribution in [0.2, 0.25) is 0 Å². The average molecular weight is 271 g/mol. The summed E-state index contributed by atoms with van der Waals surface area (Å²) in [6, 6.07) is 1.75. The lowest BCUT2D eigenvalue weighted by molar-refractivity contribution is -0.133. The molecule has 0 aliphatic heterocycles. The SMILES string of the molecule is Cc1cc(C(C)NC(=O)CSCC(=O)O)c(C)o1. The number of carboxylic acids is 1. The van der Waals surface area contributed by atoms with Gasteiger partial charge in [-0.1, -0.05) is 0 Å². The van der Waals surface area contributed by atoms with Gasteiger partial charge < -0.3 is 14.8 Å². The predicted octanol–water partition coefficient (Wildman–Crippen LogP) is 1.89. The molecule has 0 radical (unpaired) electrons. The van der Waals surface area contributed by atoms with Crippen molar-refractivity contribution in [2.75, 3.05) is 11.5 Å². The van der Waals surface area contributed by atoms with Crippen LogP contribution in [-0.2, 0) is 9.59 Å². The fourth-order valence-corrected chi connectivity index (χ4v) is 2.22. The Morgan fingerprint density at radius 2 is 2.11 bits per heavy atom. The van der Waals surface area contributed by atoms with Crippen LogP contribution in [0.15, 0.2) is 10.5 Å². The van der Waals surface area contributed by atoms with Crippen molar-refractivity contribution in [2.24, 2.45) is 0 Å². The van der Waals surface area contributed by atoms with Crippen LogP contribution in [0.3, 0.4) is 0 Å². The second kappa shape index (κ2) is 6.49. The second-order valence-electron chi connectivity index (χ2n) is 4.04. The van der Waals surface area contributed by atoms with E-state index < -0.39 is 5.97 Å². The maximum Gasteiger partial charge on any atom is 0.313 e. The minimum Gasteiger partial charge on any atom is -0.481 e. The number of thioether (sulfide) groups is 1. The number of hydrogen-bond acceptors (Lipinski definition) is 4.